The van der Waals surface area contributed by atoms with Crippen molar-refractivity contribution in [3.05, 3.63) is 57.9 Å². The van der Waals surface area contributed by atoms with Crippen LogP contribution in [-0.4, -0.2) is 42.9 Å². The van der Waals surface area contributed by atoms with E-state index >= 15 is 0 Å². The van der Waals surface area contributed by atoms with Crippen molar-refractivity contribution in [2.24, 2.45) is 0 Å². The topological polar surface area (TPSA) is 61.4 Å². The molecule has 0 bridgehead atoms. The molecule has 1 aliphatic rings. The second-order valence-corrected chi connectivity index (χ2v) is 7.86. The Morgan fingerprint density at radius 2 is 1.84 bits per heavy atom. The van der Waals surface area contributed by atoms with Gasteiger partial charge in [0.15, 0.2) is 0 Å². The summed E-state index contributed by atoms with van der Waals surface area (Å²) < 4.78 is 13.8. The molecule has 2 N–H and O–H groups in total. The number of allylic oxidation sites excluding steroid dienone is 3. The molecule has 5 nitrogen and oxygen atoms in total. The molecule has 31 heavy (non-hydrogen) atoms. The van der Waals surface area contributed by atoms with E-state index in [1.54, 1.807) is 12.1 Å². The van der Waals surface area contributed by atoms with Crippen LogP contribution in [0.3, 0.4) is 0 Å². The molecule has 0 saturated carbocycles. The third-order valence-electron chi connectivity index (χ3n) is 5.66. The number of anilines is 1. The first-order valence-electron chi connectivity index (χ1n) is 10.9. The van der Waals surface area contributed by atoms with E-state index in [9.17, 15) is 14.0 Å². The molecule has 0 saturated heterocycles. The molecule has 2 rings (SSSR count). The highest BCUT2D eigenvalue weighted by atomic mass is 19.1. The molecular weight excluding hydrogens is 393 g/mol. The summed E-state index contributed by atoms with van der Waals surface area (Å²) in [5.74, 6) is -0.768. The van der Waals surface area contributed by atoms with Gasteiger partial charge in [0.05, 0.1) is 0 Å². The average molecular weight is 428 g/mol. The predicted octanol–water partition coefficient (Wildman–Crippen LogP) is 4.68. The fourth-order valence-electron chi connectivity index (χ4n) is 3.84. The predicted molar refractivity (Wildman–Crippen MR) is 125 cm³/mol. The summed E-state index contributed by atoms with van der Waals surface area (Å²) in [5.41, 5.74) is 4.80. The maximum Gasteiger partial charge on any atom is 0.256 e. The number of fused-ring (bicyclic) bond motifs is 1. The van der Waals surface area contributed by atoms with Gasteiger partial charge in [-0.2, -0.15) is 0 Å². The molecule has 0 spiro atoms. The van der Waals surface area contributed by atoms with Crippen LogP contribution in [0.1, 0.15) is 53.5 Å². The first kappa shape index (κ1) is 24.5. The zero-order valence-corrected chi connectivity index (χ0v) is 19.5. The molecule has 2 amide bonds. The van der Waals surface area contributed by atoms with Crippen molar-refractivity contribution in [1.29, 1.82) is 0 Å². The molecule has 1 aromatic carbocycles. The number of hydrogen-bond acceptors (Lipinski definition) is 3. The highest BCUT2D eigenvalue weighted by molar-refractivity contribution is 6.31. The SMILES string of the molecule is CCC(/C=C1\C(=O)Nc2ccc(F)cc21)=C(/C)C(C(=O)NCCN(CC)CC)=C(C)C. The molecule has 0 aromatic heterocycles. The van der Waals surface area contributed by atoms with Crippen LogP contribution < -0.4 is 10.6 Å². The number of hydrogen-bond donors (Lipinski definition) is 2. The second-order valence-electron chi connectivity index (χ2n) is 7.86. The van der Waals surface area contributed by atoms with E-state index in [1.807, 2.05) is 27.7 Å². The minimum Gasteiger partial charge on any atom is -0.351 e. The smallest absolute Gasteiger partial charge is 0.256 e. The van der Waals surface area contributed by atoms with Gasteiger partial charge < -0.3 is 15.5 Å². The zero-order chi connectivity index (χ0) is 23.1. The highest BCUT2D eigenvalue weighted by Gasteiger charge is 2.25. The van der Waals surface area contributed by atoms with Crippen molar-refractivity contribution in [1.82, 2.24) is 10.2 Å². The molecule has 1 aliphatic heterocycles. The van der Waals surface area contributed by atoms with Crippen molar-refractivity contribution in [2.75, 3.05) is 31.5 Å². The first-order chi connectivity index (χ1) is 14.7. The summed E-state index contributed by atoms with van der Waals surface area (Å²) in [4.78, 5) is 27.7. The van der Waals surface area contributed by atoms with Crippen molar-refractivity contribution in [3.8, 4) is 0 Å². The van der Waals surface area contributed by atoms with E-state index in [0.717, 1.165) is 36.4 Å². The number of amides is 2. The van der Waals surface area contributed by atoms with Crippen LogP contribution in [0.15, 0.2) is 46.6 Å². The summed E-state index contributed by atoms with van der Waals surface area (Å²) in [6.45, 7) is 15.2. The number of nitrogens with one attached hydrogen (secondary N) is 2. The number of nitrogens with zero attached hydrogens (tertiary/aromatic N) is 1. The van der Waals surface area contributed by atoms with Crippen LogP contribution in [0.25, 0.3) is 5.57 Å². The van der Waals surface area contributed by atoms with Gasteiger partial charge in [-0.1, -0.05) is 26.3 Å². The fourth-order valence-corrected chi connectivity index (χ4v) is 3.84. The summed E-state index contributed by atoms with van der Waals surface area (Å²) in [6.07, 6.45) is 2.42. The van der Waals surface area contributed by atoms with E-state index in [2.05, 4.69) is 29.4 Å². The Bertz CT molecular complexity index is 936. The van der Waals surface area contributed by atoms with Gasteiger partial charge in [-0.25, -0.2) is 4.39 Å². The Morgan fingerprint density at radius 1 is 1.16 bits per heavy atom. The highest BCUT2D eigenvalue weighted by Crippen LogP contribution is 2.34. The van der Waals surface area contributed by atoms with Gasteiger partial charge in [0.1, 0.15) is 5.82 Å². The van der Waals surface area contributed by atoms with Crippen LogP contribution in [0.5, 0.6) is 0 Å². The van der Waals surface area contributed by atoms with Crippen molar-refractivity contribution >= 4 is 23.1 Å². The standard InChI is InChI=1S/C25H34FN3O2/c1-7-18(14-21-20-15-19(26)10-11-22(20)28-24(21)30)17(6)23(16(4)5)25(31)27-12-13-29(8-2)9-3/h10-11,14-15H,7-9,12-13H2,1-6H3,(H,27,31)(H,28,30)/b18-17+,21-14-. The van der Waals surface area contributed by atoms with Gasteiger partial charge in [0, 0.05) is 35.5 Å². The van der Waals surface area contributed by atoms with Crippen LogP contribution in [0.4, 0.5) is 10.1 Å². The lowest BCUT2D eigenvalue weighted by Crippen LogP contribution is -2.35. The number of rotatable bonds is 9. The summed E-state index contributed by atoms with van der Waals surface area (Å²) in [5, 5.41) is 5.80. The van der Waals surface area contributed by atoms with Crippen LogP contribution >= 0.6 is 0 Å². The van der Waals surface area contributed by atoms with E-state index in [1.165, 1.54) is 12.1 Å². The van der Waals surface area contributed by atoms with Crippen LogP contribution in [0, 0.1) is 5.82 Å². The normalized spacial score (nSPS) is 15.0. The van der Waals surface area contributed by atoms with Crippen LogP contribution in [-0.2, 0) is 9.59 Å². The summed E-state index contributed by atoms with van der Waals surface area (Å²) >= 11 is 0. The third-order valence-corrected chi connectivity index (χ3v) is 5.66. The summed E-state index contributed by atoms with van der Waals surface area (Å²) in [6, 6.07) is 4.26. The Hall–Kier alpha value is -2.73. The molecule has 6 heteroatoms. The number of carbonyl (C=O) groups is 2. The quantitative estimate of drug-likeness (QED) is 0.444. The molecule has 1 aromatic rings. The fraction of sp³-hybridized carbons (Fsp3) is 0.440. The molecular formula is C25H34FN3O2. The number of likely N-dealkylation sites (N-methyl/N-ethyl adjacent to an activating group) is 1. The van der Waals surface area contributed by atoms with Gasteiger partial charge in [-0.3, -0.25) is 9.59 Å². The Balaban J connectivity index is 2.35. The number of carbonyl (C=O) groups excluding carboxylic acids is 2. The molecule has 0 aliphatic carbocycles. The Labute approximate surface area is 185 Å². The lowest BCUT2D eigenvalue weighted by molar-refractivity contribution is -0.117. The average Bonchev–Trinajstić information content (AvgIpc) is 3.03. The van der Waals surface area contributed by atoms with Gasteiger partial charge in [-0.15, -0.1) is 0 Å². The number of benzene rings is 1. The van der Waals surface area contributed by atoms with E-state index < -0.39 is 5.82 Å². The van der Waals surface area contributed by atoms with Gasteiger partial charge in [0.2, 0.25) is 0 Å². The van der Waals surface area contributed by atoms with E-state index in [4.69, 9.17) is 0 Å². The van der Waals surface area contributed by atoms with E-state index in [-0.39, 0.29) is 11.8 Å². The maximum absolute atomic E-state index is 13.8. The summed E-state index contributed by atoms with van der Waals surface area (Å²) in [7, 11) is 0. The monoisotopic (exact) mass is 427 g/mol. The maximum atomic E-state index is 13.8. The van der Waals surface area contributed by atoms with E-state index in [0.29, 0.717) is 35.4 Å². The molecule has 168 valence electrons. The minimum absolute atomic E-state index is 0.115. The lowest BCUT2D eigenvalue weighted by atomic mass is 9.93. The van der Waals surface area contributed by atoms with Crippen molar-refractivity contribution in [3.63, 3.8) is 0 Å². The van der Waals surface area contributed by atoms with Crippen molar-refractivity contribution in [2.45, 2.75) is 48.0 Å². The second kappa shape index (κ2) is 11.0. The molecule has 0 fully saturated rings. The van der Waals surface area contributed by atoms with Gasteiger partial charge in [0.25, 0.3) is 11.8 Å². The molecule has 0 atom stereocenters. The van der Waals surface area contributed by atoms with Crippen molar-refractivity contribution < 1.29 is 14.0 Å². The first-order valence-corrected chi connectivity index (χ1v) is 10.9. The third kappa shape index (κ3) is 5.91. The lowest BCUT2D eigenvalue weighted by Gasteiger charge is -2.19. The van der Waals surface area contributed by atoms with Gasteiger partial charge in [-0.05, 0) is 75.7 Å². The minimum atomic E-state index is -0.391. The molecule has 0 radical (unpaired) electrons. The Morgan fingerprint density at radius 3 is 2.42 bits per heavy atom. The van der Waals surface area contributed by atoms with Gasteiger partial charge >= 0.3 is 0 Å². The Kier molecular flexibility index (Phi) is 8.75. The molecule has 1 heterocycles. The largest absolute Gasteiger partial charge is 0.351 e. The molecule has 0 unspecified atom stereocenters. The number of halogens is 1. The van der Waals surface area contributed by atoms with Crippen LogP contribution in [0.2, 0.25) is 0 Å². The zero-order valence-electron chi connectivity index (χ0n) is 19.5.